The van der Waals surface area contributed by atoms with E-state index in [0.717, 1.165) is 23.5 Å². The number of aromatic nitrogens is 2. The van der Waals surface area contributed by atoms with Gasteiger partial charge in [0.1, 0.15) is 5.82 Å². The molecule has 1 aromatic heterocycles. The largest absolute Gasteiger partial charge is 0.294 e. The molecule has 0 spiro atoms. The molecular formula is C16H22N2O. The summed E-state index contributed by atoms with van der Waals surface area (Å²) in [7, 11) is 0. The second kappa shape index (κ2) is 4.69. The van der Waals surface area contributed by atoms with Crippen molar-refractivity contribution in [2.24, 2.45) is 5.41 Å². The number of nitrogens with zero attached hydrogens (tertiary/aromatic N) is 2. The van der Waals surface area contributed by atoms with Crippen molar-refractivity contribution in [3.05, 3.63) is 23.3 Å². The van der Waals surface area contributed by atoms with Crippen molar-refractivity contribution < 1.29 is 4.79 Å². The van der Waals surface area contributed by atoms with E-state index in [-0.39, 0.29) is 11.2 Å². The molecule has 0 bridgehead atoms. The van der Waals surface area contributed by atoms with Crippen molar-refractivity contribution in [1.82, 2.24) is 9.97 Å². The summed E-state index contributed by atoms with van der Waals surface area (Å²) in [5.41, 5.74) is 1.79. The SMILES string of the molecule is CC1(C)CC(=O)c2cnc(C3CCCCC3)nc2C1. The van der Waals surface area contributed by atoms with E-state index in [1.807, 2.05) is 0 Å². The van der Waals surface area contributed by atoms with Crippen LogP contribution in [0.5, 0.6) is 0 Å². The molecule has 1 saturated carbocycles. The Labute approximate surface area is 114 Å². The van der Waals surface area contributed by atoms with Gasteiger partial charge >= 0.3 is 0 Å². The van der Waals surface area contributed by atoms with E-state index < -0.39 is 0 Å². The molecule has 0 aliphatic heterocycles. The van der Waals surface area contributed by atoms with Crippen LogP contribution in [0.15, 0.2) is 6.20 Å². The number of hydrogen-bond acceptors (Lipinski definition) is 3. The summed E-state index contributed by atoms with van der Waals surface area (Å²) in [6.07, 6.45) is 9.62. The maximum atomic E-state index is 12.1. The Morgan fingerprint density at radius 1 is 1.16 bits per heavy atom. The van der Waals surface area contributed by atoms with Gasteiger partial charge in [0.25, 0.3) is 0 Å². The van der Waals surface area contributed by atoms with E-state index in [1.165, 1.54) is 32.1 Å². The number of fused-ring (bicyclic) bond motifs is 1. The van der Waals surface area contributed by atoms with Crippen LogP contribution in [-0.2, 0) is 6.42 Å². The molecule has 2 aliphatic rings. The van der Waals surface area contributed by atoms with Crippen molar-refractivity contribution in [2.75, 3.05) is 0 Å². The summed E-state index contributed by atoms with van der Waals surface area (Å²) in [6, 6.07) is 0. The van der Waals surface area contributed by atoms with Gasteiger partial charge in [0.15, 0.2) is 5.78 Å². The molecule has 1 aromatic rings. The molecule has 19 heavy (non-hydrogen) atoms. The van der Waals surface area contributed by atoms with E-state index in [0.29, 0.717) is 12.3 Å². The van der Waals surface area contributed by atoms with Gasteiger partial charge < -0.3 is 0 Å². The highest BCUT2D eigenvalue weighted by Crippen LogP contribution is 2.35. The van der Waals surface area contributed by atoms with Crippen LogP contribution in [0.25, 0.3) is 0 Å². The Kier molecular flexibility index (Phi) is 3.15. The molecule has 2 aliphatic carbocycles. The minimum absolute atomic E-state index is 0.0439. The van der Waals surface area contributed by atoms with Gasteiger partial charge in [-0.05, 0) is 24.7 Å². The number of carbonyl (C=O) groups is 1. The van der Waals surface area contributed by atoms with Crippen molar-refractivity contribution >= 4 is 5.78 Å². The van der Waals surface area contributed by atoms with Gasteiger partial charge in [0, 0.05) is 18.5 Å². The van der Waals surface area contributed by atoms with Crippen LogP contribution in [0, 0.1) is 5.41 Å². The maximum Gasteiger partial charge on any atom is 0.166 e. The molecule has 0 saturated heterocycles. The number of rotatable bonds is 1. The van der Waals surface area contributed by atoms with Crippen molar-refractivity contribution in [3.63, 3.8) is 0 Å². The fourth-order valence-electron chi connectivity index (χ4n) is 3.40. The first-order valence-corrected chi connectivity index (χ1v) is 7.44. The molecule has 3 rings (SSSR count). The van der Waals surface area contributed by atoms with Gasteiger partial charge in [0.05, 0.1) is 11.3 Å². The Bertz CT molecular complexity index is 501. The first kappa shape index (κ1) is 12.8. The third-order valence-corrected chi connectivity index (χ3v) is 4.44. The predicted octanol–water partition coefficient (Wildman–Crippen LogP) is 3.68. The Hall–Kier alpha value is -1.25. The van der Waals surface area contributed by atoms with Gasteiger partial charge in [0.2, 0.25) is 0 Å². The fraction of sp³-hybridized carbons (Fsp3) is 0.688. The van der Waals surface area contributed by atoms with Crippen LogP contribution in [-0.4, -0.2) is 15.8 Å². The molecule has 1 heterocycles. The van der Waals surface area contributed by atoms with Crippen molar-refractivity contribution in [1.29, 1.82) is 0 Å². The highest BCUT2D eigenvalue weighted by molar-refractivity contribution is 5.98. The second-order valence-electron chi connectivity index (χ2n) is 6.86. The Morgan fingerprint density at radius 2 is 1.89 bits per heavy atom. The average Bonchev–Trinajstić information content (AvgIpc) is 2.37. The Balaban J connectivity index is 1.92. The van der Waals surface area contributed by atoms with Gasteiger partial charge in [-0.3, -0.25) is 4.79 Å². The van der Waals surface area contributed by atoms with E-state index in [4.69, 9.17) is 4.98 Å². The summed E-state index contributed by atoms with van der Waals surface area (Å²) in [6.45, 7) is 4.30. The predicted molar refractivity (Wildman–Crippen MR) is 74.3 cm³/mol. The smallest absolute Gasteiger partial charge is 0.166 e. The molecular weight excluding hydrogens is 236 g/mol. The fourth-order valence-corrected chi connectivity index (χ4v) is 3.40. The summed E-state index contributed by atoms with van der Waals surface area (Å²) in [5.74, 6) is 1.70. The number of ketones is 1. The number of hydrogen-bond donors (Lipinski definition) is 0. The second-order valence-corrected chi connectivity index (χ2v) is 6.86. The van der Waals surface area contributed by atoms with E-state index in [1.54, 1.807) is 6.20 Å². The number of Topliss-reactive ketones (excluding diaryl/α,β-unsaturated/α-hetero) is 1. The standard InChI is InChI=1S/C16H22N2O/c1-16(2)8-13-12(14(19)9-16)10-17-15(18-13)11-6-4-3-5-7-11/h10-11H,3-9H2,1-2H3. The maximum absolute atomic E-state index is 12.1. The van der Waals surface area contributed by atoms with Crippen LogP contribution < -0.4 is 0 Å². The molecule has 0 atom stereocenters. The lowest BCUT2D eigenvalue weighted by molar-refractivity contribution is 0.0909. The van der Waals surface area contributed by atoms with Crippen molar-refractivity contribution in [3.8, 4) is 0 Å². The van der Waals surface area contributed by atoms with Gasteiger partial charge in [-0.2, -0.15) is 0 Å². The minimum Gasteiger partial charge on any atom is -0.294 e. The average molecular weight is 258 g/mol. The molecule has 0 amide bonds. The summed E-state index contributed by atoms with van der Waals surface area (Å²) < 4.78 is 0. The van der Waals surface area contributed by atoms with Crippen LogP contribution in [0.2, 0.25) is 0 Å². The zero-order valence-electron chi connectivity index (χ0n) is 11.9. The summed E-state index contributed by atoms with van der Waals surface area (Å²) in [5, 5.41) is 0. The summed E-state index contributed by atoms with van der Waals surface area (Å²) >= 11 is 0. The third kappa shape index (κ3) is 2.56. The van der Waals surface area contributed by atoms with E-state index in [9.17, 15) is 4.79 Å². The zero-order chi connectivity index (χ0) is 13.5. The van der Waals surface area contributed by atoms with Gasteiger partial charge in [-0.1, -0.05) is 33.1 Å². The number of carbonyl (C=O) groups excluding carboxylic acids is 1. The molecule has 0 unspecified atom stereocenters. The van der Waals surface area contributed by atoms with Gasteiger partial charge in [-0.15, -0.1) is 0 Å². The quantitative estimate of drug-likeness (QED) is 0.771. The monoisotopic (exact) mass is 258 g/mol. The lowest BCUT2D eigenvalue weighted by Gasteiger charge is -2.30. The first-order chi connectivity index (χ1) is 9.05. The molecule has 1 fully saturated rings. The summed E-state index contributed by atoms with van der Waals surface area (Å²) in [4.78, 5) is 21.3. The van der Waals surface area contributed by atoms with Crippen LogP contribution >= 0.6 is 0 Å². The molecule has 0 aromatic carbocycles. The highest BCUT2D eigenvalue weighted by atomic mass is 16.1. The third-order valence-electron chi connectivity index (χ3n) is 4.44. The molecule has 0 N–H and O–H groups in total. The van der Waals surface area contributed by atoms with Crippen LogP contribution in [0.1, 0.15) is 80.2 Å². The molecule has 102 valence electrons. The van der Waals surface area contributed by atoms with Gasteiger partial charge in [-0.25, -0.2) is 9.97 Å². The van der Waals surface area contributed by atoms with Crippen LogP contribution in [0.4, 0.5) is 0 Å². The lowest BCUT2D eigenvalue weighted by Crippen LogP contribution is -2.29. The molecule has 3 nitrogen and oxygen atoms in total. The van der Waals surface area contributed by atoms with Crippen molar-refractivity contribution in [2.45, 2.75) is 64.7 Å². The molecule has 0 radical (unpaired) electrons. The van der Waals surface area contributed by atoms with E-state index in [2.05, 4.69) is 18.8 Å². The highest BCUT2D eigenvalue weighted by Gasteiger charge is 2.33. The minimum atomic E-state index is 0.0439. The van der Waals surface area contributed by atoms with E-state index >= 15 is 0 Å². The molecule has 3 heteroatoms. The zero-order valence-corrected chi connectivity index (χ0v) is 11.9. The Morgan fingerprint density at radius 3 is 2.63 bits per heavy atom. The topological polar surface area (TPSA) is 42.9 Å². The normalized spacial score (nSPS) is 23.2. The lowest BCUT2D eigenvalue weighted by atomic mass is 9.76. The van der Waals surface area contributed by atoms with Crippen LogP contribution in [0.3, 0.4) is 0 Å². The first-order valence-electron chi connectivity index (χ1n) is 7.44.